The minimum atomic E-state index is -3.70. The van der Waals surface area contributed by atoms with Crippen molar-refractivity contribution in [2.24, 2.45) is 0 Å². The molecular formula is C24H21N3O6S3. The van der Waals surface area contributed by atoms with Crippen LogP contribution in [0, 0.1) is 0 Å². The maximum Gasteiger partial charge on any atom is 0.348 e. The molecule has 1 fully saturated rings. The first-order chi connectivity index (χ1) is 17.4. The number of carbonyl (C=O) groups excluding carboxylic acids is 2. The third-order valence-electron chi connectivity index (χ3n) is 5.37. The highest BCUT2D eigenvalue weighted by Gasteiger charge is 2.26. The number of hydrogen-bond donors (Lipinski definition) is 1. The molecule has 1 aliphatic heterocycles. The molecule has 0 atom stereocenters. The van der Waals surface area contributed by atoms with Crippen LogP contribution in [-0.4, -0.2) is 62.5 Å². The summed E-state index contributed by atoms with van der Waals surface area (Å²) in [6.07, 6.45) is 0. The Morgan fingerprint density at radius 1 is 1.03 bits per heavy atom. The molecule has 186 valence electrons. The van der Waals surface area contributed by atoms with Gasteiger partial charge in [-0.15, -0.1) is 22.7 Å². The van der Waals surface area contributed by atoms with Gasteiger partial charge in [0.15, 0.2) is 6.61 Å². The monoisotopic (exact) mass is 543 g/mol. The second-order valence-corrected chi connectivity index (χ2v) is 11.9. The number of morpholine rings is 1. The Balaban J connectivity index is 1.19. The zero-order valence-corrected chi connectivity index (χ0v) is 21.3. The van der Waals surface area contributed by atoms with Crippen molar-refractivity contribution in [3.05, 3.63) is 65.5 Å². The van der Waals surface area contributed by atoms with Crippen LogP contribution >= 0.6 is 22.7 Å². The lowest BCUT2D eigenvalue weighted by atomic mass is 10.3. The van der Waals surface area contributed by atoms with Gasteiger partial charge in [0.05, 0.1) is 33.2 Å². The van der Waals surface area contributed by atoms with Gasteiger partial charge in [-0.3, -0.25) is 4.79 Å². The lowest BCUT2D eigenvalue weighted by molar-refractivity contribution is -0.119. The summed E-state index contributed by atoms with van der Waals surface area (Å²) in [6, 6.07) is 17.2. The van der Waals surface area contributed by atoms with Crippen molar-refractivity contribution < 1.29 is 27.5 Å². The largest absolute Gasteiger partial charge is 0.451 e. The van der Waals surface area contributed by atoms with Crippen LogP contribution in [0.1, 0.15) is 9.67 Å². The molecule has 2 aromatic heterocycles. The minimum Gasteiger partial charge on any atom is -0.451 e. The van der Waals surface area contributed by atoms with Crippen molar-refractivity contribution in [2.75, 3.05) is 38.2 Å². The number of aromatic nitrogens is 1. The van der Waals surface area contributed by atoms with Gasteiger partial charge < -0.3 is 14.8 Å². The second kappa shape index (κ2) is 10.4. The van der Waals surface area contributed by atoms with Crippen LogP contribution in [0.15, 0.2) is 65.6 Å². The van der Waals surface area contributed by atoms with Gasteiger partial charge in [-0.1, -0.05) is 18.2 Å². The molecule has 36 heavy (non-hydrogen) atoms. The summed E-state index contributed by atoms with van der Waals surface area (Å²) >= 11 is 2.78. The Morgan fingerprint density at radius 2 is 1.83 bits per heavy atom. The van der Waals surface area contributed by atoms with Crippen LogP contribution in [0.2, 0.25) is 0 Å². The Bertz CT molecular complexity index is 1490. The van der Waals surface area contributed by atoms with Gasteiger partial charge in [0.25, 0.3) is 5.91 Å². The maximum absolute atomic E-state index is 12.8. The molecule has 12 heteroatoms. The molecule has 1 amide bonds. The van der Waals surface area contributed by atoms with E-state index in [0.717, 1.165) is 20.1 Å². The van der Waals surface area contributed by atoms with Crippen LogP contribution in [-0.2, 0) is 24.3 Å². The predicted octanol–water partition coefficient (Wildman–Crippen LogP) is 3.84. The van der Waals surface area contributed by atoms with Gasteiger partial charge in [0.1, 0.15) is 9.88 Å². The van der Waals surface area contributed by atoms with E-state index in [2.05, 4.69) is 10.3 Å². The van der Waals surface area contributed by atoms with Gasteiger partial charge in [-0.25, -0.2) is 18.2 Å². The molecule has 0 spiro atoms. The van der Waals surface area contributed by atoms with Crippen molar-refractivity contribution in [3.63, 3.8) is 0 Å². The van der Waals surface area contributed by atoms with E-state index in [1.165, 1.54) is 39.1 Å². The Morgan fingerprint density at radius 3 is 2.64 bits per heavy atom. The van der Waals surface area contributed by atoms with E-state index in [-0.39, 0.29) is 18.0 Å². The number of para-hydroxylation sites is 1. The number of sulfonamides is 1. The quantitative estimate of drug-likeness (QED) is 0.352. The standard InChI is InChI=1S/C24H21N3O6S3/c28-22(25-16-4-3-5-17(14-16)36(30,31)27-10-12-32-13-11-27)15-33-24(29)21-9-8-20(34-21)23-26-18-6-1-2-7-19(18)35-23/h1-9,14H,10-13,15H2,(H,25,28). The average molecular weight is 544 g/mol. The number of ether oxygens (including phenoxy) is 2. The van der Waals surface area contributed by atoms with Crippen molar-refractivity contribution >= 4 is 60.5 Å². The molecule has 1 N–H and O–H groups in total. The zero-order chi connectivity index (χ0) is 25.1. The molecule has 9 nitrogen and oxygen atoms in total. The fourth-order valence-electron chi connectivity index (χ4n) is 3.61. The summed E-state index contributed by atoms with van der Waals surface area (Å²) in [5.74, 6) is -1.20. The normalized spacial score (nSPS) is 14.6. The molecule has 0 bridgehead atoms. The molecule has 2 aromatic carbocycles. The number of thiophene rings is 1. The summed E-state index contributed by atoms with van der Waals surface area (Å²) in [6.45, 7) is 0.727. The molecule has 0 unspecified atom stereocenters. The predicted molar refractivity (Wildman–Crippen MR) is 138 cm³/mol. The number of fused-ring (bicyclic) bond motifs is 1. The second-order valence-electron chi connectivity index (χ2n) is 7.82. The van der Waals surface area contributed by atoms with Crippen molar-refractivity contribution in [2.45, 2.75) is 4.90 Å². The SMILES string of the molecule is O=C(COC(=O)c1ccc(-c2nc3ccccc3s2)s1)Nc1cccc(S(=O)(=O)N2CCOCC2)c1. The van der Waals surface area contributed by atoms with Crippen LogP contribution < -0.4 is 5.32 Å². The smallest absolute Gasteiger partial charge is 0.348 e. The number of rotatable bonds is 7. The van der Waals surface area contributed by atoms with Gasteiger partial charge in [0, 0.05) is 18.8 Å². The topological polar surface area (TPSA) is 115 Å². The number of nitrogens with zero attached hydrogens (tertiary/aromatic N) is 2. The highest BCUT2D eigenvalue weighted by Crippen LogP contribution is 2.34. The molecule has 0 aliphatic carbocycles. The number of anilines is 1. The summed E-state index contributed by atoms with van der Waals surface area (Å²) in [5, 5.41) is 3.39. The van der Waals surface area contributed by atoms with Crippen LogP contribution in [0.5, 0.6) is 0 Å². The van der Waals surface area contributed by atoms with Gasteiger partial charge >= 0.3 is 5.97 Å². The fourth-order valence-corrected chi connectivity index (χ4v) is 6.98. The lowest BCUT2D eigenvalue weighted by Crippen LogP contribution is -2.40. The van der Waals surface area contributed by atoms with E-state index in [4.69, 9.17) is 9.47 Å². The number of thiazole rings is 1. The molecule has 5 rings (SSSR count). The highest BCUT2D eigenvalue weighted by atomic mass is 32.2. The average Bonchev–Trinajstić information content (AvgIpc) is 3.55. The Hall–Kier alpha value is -3.16. The van der Waals surface area contributed by atoms with Crippen molar-refractivity contribution in [3.8, 4) is 9.88 Å². The molecular weight excluding hydrogens is 522 g/mol. The van der Waals surface area contributed by atoms with E-state index < -0.39 is 28.5 Å². The molecule has 4 aromatic rings. The van der Waals surface area contributed by atoms with Gasteiger partial charge in [-0.05, 0) is 42.5 Å². The highest BCUT2D eigenvalue weighted by molar-refractivity contribution is 7.89. The van der Waals surface area contributed by atoms with E-state index in [1.807, 2.05) is 24.3 Å². The lowest BCUT2D eigenvalue weighted by Gasteiger charge is -2.26. The summed E-state index contributed by atoms with van der Waals surface area (Å²) in [7, 11) is -3.70. The minimum absolute atomic E-state index is 0.0696. The first-order valence-electron chi connectivity index (χ1n) is 11.0. The summed E-state index contributed by atoms with van der Waals surface area (Å²) < 4.78 is 38.5. The van der Waals surface area contributed by atoms with Gasteiger partial charge in [-0.2, -0.15) is 4.31 Å². The first-order valence-corrected chi connectivity index (χ1v) is 14.1. The number of benzene rings is 2. The Labute approximate surface area is 215 Å². The number of carbonyl (C=O) groups is 2. The first kappa shape index (κ1) is 24.5. The zero-order valence-electron chi connectivity index (χ0n) is 18.9. The van der Waals surface area contributed by atoms with Crippen LogP contribution in [0.3, 0.4) is 0 Å². The van der Waals surface area contributed by atoms with Gasteiger partial charge in [0.2, 0.25) is 10.0 Å². The van der Waals surface area contributed by atoms with E-state index in [9.17, 15) is 18.0 Å². The summed E-state index contributed by atoms with van der Waals surface area (Å²) in [5.41, 5.74) is 1.19. The number of amides is 1. The van der Waals surface area contributed by atoms with Crippen molar-refractivity contribution in [1.29, 1.82) is 0 Å². The third-order valence-corrected chi connectivity index (χ3v) is 9.54. The van der Waals surface area contributed by atoms with Crippen LogP contribution in [0.4, 0.5) is 5.69 Å². The molecule has 0 saturated carbocycles. The Kier molecular flexibility index (Phi) is 7.12. The van der Waals surface area contributed by atoms with E-state index in [1.54, 1.807) is 24.3 Å². The summed E-state index contributed by atoms with van der Waals surface area (Å²) in [4.78, 5) is 30.7. The van der Waals surface area contributed by atoms with E-state index >= 15 is 0 Å². The molecule has 0 radical (unpaired) electrons. The molecule has 1 aliphatic rings. The number of nitrogens with one attached hydrogen (secondary N) is 1. The number of esters is 1. The maximum atomic E-state index is 12.8. The number of hydrogen-bond acceptors (Lipinski definition) is 9. The fraction of sp³-hybridized carbons (Fsp3) is 0.208. The molecule has 3 heterocycles. The van der Waals surface area contributed by atoms with Crippen LogP contribution in [0.25, 0.3) is 20.1 Å². The van der Waals surface area contributed by atoms with E-state index in [0.29, 0.717) is 23.8 Å². The van der Waals surface area contributed by atoms with Crippen molar-refractivity contribution in [1.82, 2.24) is 9.29 Å². The molecule has 1 saturated heterocycles. The third kappa shape index (κ3) is 5.32.